The number of alkyl halides is 3. The summed E-state index contributed by atoms with van der Waals surface area (Å²) in [5.41, 5.74) is -0.858. The molecule has 0 spiro atoms. The average molecular weight is 529 g/mol. The summed E-state index contributed by atoms with van der Waals surface area (Å²) in [6, 6.07) is 4.87. The third-order valence-corrected chi connectivity index (χ3v) is 7.16. The first kappa shape index (κ1) is 25.5. The Labute approximate surface area is 209 Å². The van der Waals surface area contributed by atoms with Crippen molar-refractivity contribution in [1.29, 1.82) is 0 Å². The largest absolute Gasteiger partial charge is 0.495 e. The summed E-state index contributed by atoms with van der Waals surface area (Å²) in [6.45, 7) is 1.70. The molecule has 2 unspecified atom stereocenters. The number of aromatic nitrogens is 2. The van der Waals surface area contributed by atoms with Crippen molar-refractivity contribution in [1.82, 2.24) is 15.3 Å². The van der Waals surface area contributed by atoms with Crippen molar-refractivity contribution in [2.24, 2.45) is 0 Å². The van der Waals surface area contributed by atoms with E-state index in [2.05, 4.69) is 15.3 Å². The van der Waals surface area contributed by atoms with Crippen LogP contribution in [0.1, 0.15) is 25.3 Å². The van der Waals surface area contributed by atoms with Crippen molar-refractivity contribution < 1.29 is 27.4 Å². The lowest BCUT2D eigenvalue weighted by Crippen LogP contribution is -2.65. The molecule has 0 saturated carbocycles. The number of halogens is 4. The summed E-state index contributed by atoms with van der Waals surface area (Å²) >= 11 is 7.52. The number of esters is 1. The zero-order chi connectivity index (χ0) is 25.2. The van der Waals surface area contributed by atoms with E-state index in [-0.39, 0.29) is 32.1 Å². The van der Waals surface area contributed by atoms with Gasteiger partial charge in [-0.05, 0) is 42.5 Å². The predicted molar refractivity (Wildman–Crippen MR) is 128 cm³/mol. The summed E-state index contributed by atoms with van der Waals surface area (Å²) in [6.07, 6.45) is -3.59. The molecular weight excluding hydrogens is 505 g/mol. The number of ether oxygens (including phenoxy) is 2. The minimum Gasteiger partial charge on any atom is -0.495 e. The van der Waals surface area contributed by atoms with Gasteiger partial charge in [-0.15, -0.1) is 11.3 Å². The van der Waals surface area contributed by atoms with Crippen LogP contribution in [0.2, 0.25) is 5.02 Å². The molecule has 3 heterocycles. The van der Waals surface area contributed by atoms with Crippen molar-refractivity contribution in [3.8, 4) is 5.75 Å². The van der Waals surface area contributed by atoms with E-state index in [0.717, 1.165) is 10.3 Å². The Kier molecular flexibility index (Phi) is 7.39. The highest BCUT2D eigenvalue weighted by Gasteiger charge is 2.55. The zero-order valence-corrected chi connectivity index (χ0v) is 20.6. The minimum absolute atomic E-state index is 0.0123. The van der Waals surface area contributed by atoms with E-state index in [1.54, 1.807) is 25.1 Å². The molecule has 7 nitrogen and oxygen atoms in total. The van der Waals surface area contributed by atoms with Crippen LogP contribution in [0.15, 0.2) is 35.8 Å². The molecule has 2 atom stereocenters. The third-order valence-electron chi connectivity index (χ3n) is 6.04. The molecule has 0 bridgehead atoms. The van der Waals surface area contributed by atoms with Gasteiger partial charge in [0, 0.05) is 31.1 Å². The van der Waals surface area contributed by atoms with Crippen LogP contribution in [0.5, 0.6) is 5.75 Å². The molecule has 0 amide bonds. The second-order valence-corrected chi connectivity index (χ2v) is 9.48. The topological polar surface area (TPSA) is 76.6 Å². The van der Waals surface area contributed by atoms with Crippen molar-refractivity contribution in [3.05, 3.63) is 46.4 Å². The molecule has 1 saturated heterocycles. The number of carbonyl (C=O) groups is 1. The number of fused-ring (bicyclic) bond motifs is 1. The lowest BCUT2D eigenvalue weighted by atomic mass is 9.82. The molecule has 4 rings (SSSR count). The summed E-state index contributed by atoms with van der Waals surface area (Å²) < 4.78 is 53.3. The zero-order valence-electron chi connectivity index (χ0n) is 19.1. The number of nitrogens with zero attached hydrogens (tertiary/aromatic N) is 3. The number of nitrogens with one attached hydrogen (secondary N) is 1. The van der Waals surface area contributed by atoms with Crippen molar-refractivity contribution in [2.75, 3.05) is 25.2 Å². The first-order chi connectivity index (χ1) is 16.7. The van der Waals surface area contributed by atoms with E-state index in [1.165, 1.54) is 24.6 Å². The molecular formula is C23H24ClF3N4O3S. The van der Waals surface area contributed by atoms with Gasteiger partial charge in [0.2, 0.25) is 5.95 Å². The fourth-order valence-corrected chi connectivity index (χ4v) is 5.22. The van der Waals surface area contributed by atoms with Gasteiger partial charge in [0.15, 0.2) is 0 Å². The number of hydrogen-bond acceptors (Lipinski definition) is 8. The normalized spacial score (nSPS) is 20.7. The molecule has 1 aromatic carbocycles. The predicted octanol–water partition coefficient (Wildman–Crippen LogP) is 4.98. The van der Waals surface area contributed by atoms with Crippen LogP contribution in [0.3, 0.4) is 0 Å². The molecule has 188 valence electrons. The van der Waals surface area contributed by atoms with Gasteiger partial charge in [-0.2, -0.15) is 13.2 Å². The quantitative estimate of drug-likeness (QED) is 0.434. The Morgan fingerprint density at radius 3 is 2.86 bits per heavy atom. The summed E-state index contributed by atoms with van der Waals surface area (Å²) in [5, 5.41) is 5.99. The number of carbonyl (C=O) groups excluding carboxylic acids is 1. The summed E-state index contributed by atoms with van der Waals surface area (Å²) in [4.78, 5) is 23.3. The van der Waals surface area contributed by atoms with Gasteiger partial charge in [-0.3, -0.25) is 10.1 Å². The van der Waals surface area contributed by atoms with Crippen molar-refractivity contribution >= 4 is 45.1 Å². The minimum atomic E-state index is -4.63. The van der Waals surface area contributed by atoms with E-state index in [1.807, 2.05) is 11.4 Å². The molecule has 2 aromatic heterocycles. The number of benzene rings is 1. The van der Waals surface area contributed by atoms with Crippen molar-refractivity contribution in [2.45, 2.75) is 44.1 Å². The van der Waals surface area contributed by atoms with Gasteiger partial charge in [-0.1, -0.05) is 17.7 Å². The number of rotatable bonds is 7. The fraction of sp³-hybridized carbons (Fsp3) is 0.435. The highest BCUT2D eigenvalue weighted by molar-refractivity contribution is 7.16. The van der Waals surface area contributed by atoms with E-state index < -0.39 is 30.1 Å². The van der Waals surface area contributed by atoms with E-state index in [4.69, 9.17) is 21.1 Å². The third kappa shape index (κ3) is 5.31. The Morgan fingerprint density at radius 1 is 1.37 bits per heavy atom. The van der Waals surface area contributed by atoms with Gasteiger partial charge in [-0.25, -0.2) is 9.97 Å². The van der Waals surface area contributed by atoms with Gasteiger partial charge in [0.1, 0.15) is 22.2 Å². The van der Waals surface area contributed by atoms with E-state index in [0.29, 0.717) is 21.2 Å². The Balaban J connectivity index is 1.63. The van der Waals surface area contributed by atoms with Gasteiger partial charge in [0.25, 0.3) is 0 Å². The lowest BCUT2D eigenvalue weighted by molar-refractivity contribution is -0.169. The smallest absolute Gasteiger partial charge is 0.408 e. The first-order valence-electron chi connectivity index (χ1n) is 10.9. The second kappa shape index (κ2) is 10.2. The fourth-order valence-electron chi connectivity index (χ4n) is 4.21. The Hall–Kier alpha value is -2.63. The van der Waals surface area contributed by atoms with Gasteiger partial charge >= 0.3 is 12.1 Å². The molecule has 1 aliphatic heterocycles. The van der Waals surface area contributed by atoms with Gasteiger partial charge in [0.05, 0.1) is 18.7 Å². The highest BCUT2D eigenvalue weighted by atomic mass is 35.5. The SMILES string of the molecule is CCOC(=O)C1(NCc2ccc(OC)c(Cl)c2)CCN(c2ncc3ccsc3n2)C(C(F)(F)F)C1. The number of methoxy groups -OCH3 is 1. The molecule has 35 heavy (non-hydrogen) atoms. The second-order valence-electron chi connectivity index (χ2n) is 8.18. The number of hydrogen-bond donors (Lipinski definition) is 1. The number of piperidine rings is 1. The standard InChI is InChI=1S/C23H24ClF3N4O3S/c1-3-34-20(32)22(29-12-14-4-5-17(33-2)16(24)10-14)7-8-31(18(11-22)23(25,26)27)21-28-13-15-6-9-35-19(15)30-21/h4-6,9-10,13,18,29H,3,7-8,11-12H2,1-2H3. The van der Waals surface area contributed by atoms with E-state index in [9.17, 15) is 18.0 Å². The molecule has 12 heteroatoms. The average Bonchev–Trinajstić information content (AvgIpc) is 3.30. The molecule has 0 radical (unpaired) electrons. The van der Waals surface area contributed by atoms with E-state index >= 15 is 0 Å². The Morgan fingerprint density at radius 2 is 2.17 bits per heavy atom. The van der Waals surface area contributed by atoms with Crippen molar-refractivity contribution in [3.63, 3.8) is 0 Å². The van der Waals surface area contributed by atoms with Crippen LogP contribution in [0.4, 0.5) is 19.1 Å². The van der Waals surface area contributed by atoms with Crippen LogP contribution in [0.25, 0.3) is 10.2 Å². The maximum Gasteiger partial charge on any atom is 0.408 e. The van der Waals surface area contributed by atoms with Crippen LogP contribution in [-0.2, 0) is 16.1 Å². The first-order valence-corrected chi connectivity index (χ1v) is 12.2. The summed E-state index contributed by atoms with van der Waals surface area (Å²) in [7, 11) is 1.49. The molecule has 0 aliphatic carbocycles. The molecule has 1 aliphatic rings. The number of thiophene rings is 1. The lowest BCUT2D eigenvalue weighted by Gasteiger charge is -2.45. The summed E-state index contributed by atoms with van der Waals surface area (Å²) in [5.74, 6) is -0.256. The Bertz CT molecular complexity index is 1210. The van der Waals surface area contributed by atoms with Crippen LogP contribution >= 0.6 is 22.9 Å². The maximum absolute atomic E-state index is 14.3. The molecule has 1 N–H and O–H groups in total. The number of anilines is 1. The van der Waals surface area contributed by atoms with Crippen LogP contribution in [-0.4, -0.2) is 54.0 Å². The molecule has 3 aromatic rings. The van der Waals surface area contributed by atoms with Gasteiger partial charge < -0.3 is 14.4 Å². The van der Waals surface area contributed by atoms with Crippen LogP contribution in [0, 0.1) is 0 Å². The molecule has 1 fully saturated rings. The van der Waals surface area contributed by atoms with Crippen LogP contribution < -0.4 is 15.0 Å². The maximum atomic E-state index is 14.3. The monoisotopic (exact) mass is 528 g/mol. The highest BCUT2D eigenvalue weighted by Crippen LogP contribution is 2.39.